The number of aliphatic hydroxyl groups excluding tert-OH is 1. The Balaban J connectivity index is 2.27. The van der Waals surface area contributed by atoms with Crippen LogP contribution in [0.4, 0.5) is 0 Å². The van der Waals surface area contributed by atoms with Crippen molar-refractivity contribution in [3.63, 3.8) is 0 Å². The maximum atomic E-state index is 10.0. The van der Waals surface area contributed by atoms with Crippen LogP contribution in [0.15, 0.2) is 24.3 Å². The maximum absolute atomic E-state index is 10.0. The molecule has 0 aromatic heterocycles. The minimum atomic E-state index is -0.485. The largest absolute Gasteiger partial charge is 0.389 e. The summed E-state index contributed by atoms with van der Waals surface area (Å²) in [6.07, 6.45) is 2.72. The Bertz CT molecular complexity index is 382. The van der Waals surface area contributed by atoms with E-state index in [2.05, 4.69) is 26.1 Å². The molecule has 2 N–H and O–H groups in total. The smallest absolute Gasteiger partial charge is 0.0898 e. The second kappa shape index (κ2) is 9.42. The second-order valence-electron chi connectivity index (χ2n) is 5.52. The Morgan fingerprint density at radius 1 is 1.14 bits per heavy atom. The number of hydrogen-bond acceptors (Lipinski definition) is 3. The highest BCUT2D eigenvalue weighted by Crippen LogP contribution is 2.19. The third kappa shape index (κ3) is 6.35. The zero-order chi connectivity index (χ0) is 15.7. The van der Waals surface area contributed by atoms with Crippen LogP contribution in [0.3, 0.4) is 0 Å². The molecule has 0 fully saturated rings. The van der Waals surface area contributed by atoms with Gasteiger partial charge in [-0.3, -0.25) is 0 Å². The fourth-order valence-corrected chi connectivity index (χ4v) is 2.54. The fraction of sp³-hybridized carbons (Fsp3) is 0.647. The summed E-state index contributed by atoms with van der Waals surface area (Å²) in [6.45, 7) is 7.95. The molecule has 0 bridgehead atoms. The lowest BCUT2D eigenvalue weighted by Crippen LogP contribution is -2.47. The molecule has 0 saturated heterocycles. The molecule has 1 aromatic carbocycles. The van der Waals surface area contributed by atoms with E-state index in [1.54, 1.807) is 0 Å². The summed E-state index contributed by atoms with van der Waals surface area (Å²) in [5.74, 6) is 0. The van der Waals surface area contributed by atoms with Gasteiger partial charge in [-0.15, -0.1) is 0 Å². The van der Waals surface area contributed by atoms with E-state index >= 15 is 0 Å². The van der Waals surface area contributed by atoms with E-state index in [-0.39, 0.29) is 5.54 Å². The van der Waals surface area contributed by atoms with E-state index in [1.165, 1.54) is 0 Å². The molecule has 0 aliphatic heterocycles. The number of halogens is 1. The van der Waals surface area contributed by atoms with E-state index in [9.17, 15) is 5.11 Å². The molecule has 0 radical (unpaired) electrons. The Kier molecular flexibility index (Phi) is 8.27. The fourth-order valence-electron chi connectivity index (χ4n) is 2.41. The second-order valence-corrected chi connectivity index (χ2v) is 5.95. The average molecular weight is 314 g/mol. The standard InChI is InChI=1S/C17H28ClNO2/c1-4-17(5-2,6-3)19-11-16(20)13-21-12-14-7-9-15(18)10-8-14/h7-10,16,19-20H,4-6,11-13H2,1-3H3. The van der Waals surface area contributed by atoms with Crippen LogP contribution in [0.25, 0.3) is 0 Å². The van der Waals surface area contributed by atoms with Gasteiger partial charge in [0.1, 0.15) is 0 Å². The Morgan fingerprint density at radius 3 is 2.24 bits per heavy atom. The quantitative estimate of drug-likeness (QED) is 0.691. The number of β-amino-alcohol motifs (C(OH)–C–C–N with tert-alkyl or cyclic N) is 1. The van der Waals surface area contributed by atoms with Crippen LogP contribution in [0.5, 0.6) is 0 Å². The van der Waals surface area contributed by atoms with E-state index in [0.29, 0.717) is 19.8 Å². The molecule has 1 aromatic rings. The number of nitrogens with one attached hydrogen (secondary N) is 1. The van der Waals surface area contributed by atoms with Crippen LogP contribution in [-0.2, 0) is 11.3 Å². The summed E-state index contributed by atoms with van der Waals surface area (Å²) < 4.78 is 5.55. The molecule has 0 aliphatic carbocycles. The first-order valence-electron chi connectivity index (χ1n) is 7.80. The van der Waals surface area contributed by atoms with Crippen molar-refractivity contribution in [2.75, 3.05) is 13.2 Å². The van der Waals surface area contributed by atoms with Crippen molar-refractivity contribution in [1.82, 2.24) is 5.32 Å². The van der Waals surface area contributed by atoms with Crippen molar-refractivity contribution in [3.05, 3.63) is 34.9 Å². The van der Waals surface area contributed by atoms with Crippen LogP contribution in [-0.4, -0.2) is 29.9 Å². The highest BCUT2D eigenvalue weighted by molar-refractivity contribution is 6.30. The molecule has 0 aliphatic rings. The van der Waals surface area contributed by atoms with Gasteiger partial charge in [-0.05, 0) is 37.0 Å². The number of rotatable bonds is 10. The number of hydrogen-bond donors (Lipinski definition) is 2. The van der Waals surface area contributed by atoms with Crippen molar-refractivity contribution >= 4 is 11.6 Å². The van der Waals surface area contributed by atoms with Crippen molar-refractivity contribution in [2.45, 2.75) is 58.3 Å². The van der Waals surface area contributed by atoms with Crippen molar-refractivity contribution in [1.29, 1.82) is 0 Å². The van der Waals surface area contributed by atoms with Crippen LogP contribution in [0, 0.1) is 0 Å². The topological polar surface area (TPSA) is 41.5 Å². The van der Waals surface area contributed by atoms with Gasteiger partial charge in [-0.1, -0.05) is 44.5 Å². The monoisotopic (exact) mass is 313 g/mol. The van der Waals surface area contributed by atoms with Gasteiger partial charge < -0.3 is 15.2 Å². The zero-order valence-electron chi connectivity index (χ0n) is 13.4. The van der Waals surface area contributed by atoms with Gasteiger partial charge in [0.25, 0.3) is 0 Å². The molecule has 3 nitrogen and oxygen atoms in total. The minimum absolute atomic E-state index is 0.136. The minimum Gasteiger partial charge on any atom is -0.389 e. The molecule has 120 valence electrons. The van der Waals surface area contributed by atoms with E-state index in [1.807, 2.05) is 24.3 Å². The average Bonchev–Trinajstić information content (AvgIpc) is 2.51. The lowest BCUT2D eigenvalue weighted by atomic mass is 9.90. The van der Waals surface area contributed by atoms with Gasteiger partial charge in [0, 0.05) is 17.1 Å². The normalized spacial score (nSPS) is 13.4. The molecule has 0 amide bonds. The molecule has 0 saturated carbocycles. The molecule has 21 heavy (non-hydrogen) atoms. The first kappa shape index (κ1) is 18.4. The maximum Gasteiger partial charge on any atom is 0.0898 e. The Hall–Kier alpha value is -0.610. The van der Waals surface area contributed by atoms with Gasteiger partial charge >= 0.3 is 0 Å². The van der Waals surface area contributed by atoms with Crippen LogP contribution in [0.2, 0.25) is 5.02 Å². The number of benzene rings is 1. The van der Waals surface area contributed by atoms with E-state index in [0.717, 1.165) is 29.8 Å². The van der Waals surface area contributed by atoms with Gasteiger partial charge in [-0.2, -0.15) is 0 Å². The molecule has 4 heteroatoms. The SMILES string of the molecule is CCC(CC)(CC)NCC(O)COCc1ccc(Cl)cc1. The summed E-state index contributed by atoms with van der Waals surface area (Å²) in [6, 6.07) is 7.55. The summed E-state index contributed by atoms with van der Waals surface area (Å²) in [5.41, 5.74) is 1.20. The molecule has 1 unspecified atom stereocenters. The third-order valence-electron chi connectivity index (χ3n) is 4.24. The molecule has 1 atom stereocenters. The molecule has 0 spiro atoms. The van der Waals surface area contributed by atoms with E-state index < -0.39 is 6.10 Å². The lowest BCUT2D eigenvalue weighted by Gasteiger charge is -2.33. The van der Waals surface area contributed by atoms with E-state index in [4.69, 9.17) is 16.3 Å². The van der Waals surface area contributed by atoms with Gasteiger partial charge in [-0.25, -0.2) is 0 Å². The molecular formula is C17H28ClNO2. The predicted molar refractivity (Wildman–Crippen MR) is 88.7 cm³/mol. The van der Waals surface area contributed by atoms with Crippen LogP contribution >= 0.6 is 11.6 Å². The predicted octanol–water partition coefficient (Wildman–Crippen LogP) is 3.78. The third-order valence-corrected chi connectivity index (χ3v) is 4.49. The summed E-state index contributed by atoms with van der Waals surface area (Å²) in [5, 5.41) is 14.2. The first-order chi connectivity index (χ1) is 10.0. The van der Waals surface area contributed by atoms with Crippen molar-refractivity contribution < 1.29 is 9.84 Å². The van der Waals surface area contributed by atoms with Crippen molar-refractivity contribution in [2.24, 2.45) is 0 Å². The van der Waals surface area contributed by atoms with Crippen LogP contribution in [0.1, 0.15) is 45.6 Å². The van der Waals surface area contributed by atoms with Gasteiger partial charge in [0.05, 0.1) is 19.3 Å². The van der Waals surface area contributed by atoms with Gasteiger partial charge in [0.2, 0.25) is 0 Å². The Labute approximate surface area is 133 Å². The highest BCUT2D eigenvalue weighted by atomic mass is 35.5. The summed E-state index contributed by atoms with van der Waals surface area (Å²) in [4.78, 5) is 0. The highest BCUT2D eigenvalue weighted by Gasteiger charge is 2.23. The molecule has 0 heterocycles. The molecular weight excluding hydrogens is 286 g/mol. The Morgan fingerprint density at radius 2 is 1.71 bits per heavy atom. The number of ether oxygens (including phenoxy) is 1. The van der Waals surface area contributed by atoms with Crippen molar-refractivity contribution in [3.8, 4) is 0 Å². The number of aliphatic hydroxyl groups is 1. The zero-order valence-corrected chi connectivity index (χ0v) is 14.1. The lowest BCUT2D eigenvalue weighted by molar-refractivity contribution is 0.0241. The van der Waals surface area contributed by atoms with Gasteiger partial charge in [0.15, 0.2) is 0 Å². The first-order valence-corrected chi connectivity index (χ1v) is 8.18. The summed E-state index contributed by atoms with van der Waals surface area (Å²) >= 11 is 5.83. The molecule has 1 rings (SSSR count). The van der Waals surface area contributed by atoms with Crippen LogP contribution < -0.4 is 5.32 Å². The summed E-state index contributed by atoms with van der Waals surface area (Å²) in [7, 11) is 0.